The monoisotopic (exact) mass is 438 g/mol. The van der Waals surface area contributed by atoms with Gasteiger partial charge in [-0.3, -0.25) is 0 Å². The van der Waals surface area contributed by atoms with Gasteiger partial charge in [0.15, 0.2) is 6.61 Å². The molecule has 0 aliphatic carbocycles. The van der Waals surface area contributed by atoms with Crippen LogP contribution >= 0.6 is 23.4 Å². The quantitative estimate of drug-likeness (QED) is 0.383. The molecule has 3 aromatic carbocycles. The molecule has 0 atom stereocenters. The van der Waals surface area contributed by atoms with Crippen LogP contribution in [-0.4, -0.2) is 23.4 Å². The molecular formula is C25H23ClO3S. The van der Waals surface area contributed by atoms with Crippen molar-refractivity contribution in [1.82, 2.24) is 0 Å². The largest absolute Gasteiger partial charge is 0.480 e. The number of rotatable bonds is 9. The fourth-order valence-electron chi connectivity index (χ4n) is 3.03. The van der Waals surface area contributed by atoms with E-state index in [4.69, 9.17) is 21.4 Å². The van der Waals surface area contributed by atoms with Crippen molar-refractivity contribution < 1.29 is 14.6 Å². The van der Waals surface area contributed by atoms with Crippen molar-refractivity contribution >= 4 is 34.9 Å². The Morgan fingerprint density at radius 3 is 2.50 bits per heavy atom. The molecule has 0 saturated carbocycles. The molecule has 3 rings (SSSR count). The maximum absolute atomic E-state index is 10.7. The summed E-state index contributed by atoms with van der Waals surface area (Å²) in [6.45, 7) is 1.75. The predicted molar refractivity (Wildman–Crippen MR) is 125 cm³/mol. The number of carboxylic acids is 1. The molecule has 30 heavy (non-hydrogen) atoms. The first kappa shape index (κ1) is 22.0. The molecular weight excluding hydrogens is 416 g/mol. The first-order chi connectivity index (χ1) is 14.6. The number of thioether (sulfide) groups is 1. The molecule has 0 saturated heterocycles. The Balaban J connectivity index is 1.78. The minimum absolute atomic E-state index is 0.375. The molecule has 0 unspecified atom stereocenters. The van der Waals surface area contributed by atoms with E-state index in [1.165, 1.54) is 22.3 Å². The van der Waals surface area contributed by atoms with Gasteiger partial charge in [0.05, 0.1) is 5.02 Å². The molecule has 0 bridgehead atoms. The van der Waals surface area contributed by atoms with Crippen LogP contribution in [0.3, 0.4) is 0 Å². The fraction of sp³-hybridized carbons (Fsp3) is 0.160. The van der Waals surface area contributed by atoms with E-state index in [-0.39, 0.29) is 0 Å². The second-order valence-corrected chi connectivity index (χ2v) is 8.12. The molecule has 0 radical (unpaired) electrons. The molecule has 3 nitrogen and oxygen atoms in total. The second-order valence-electron chi connectivity index (χ2n) is 6.62. The van der Waals surface area contributed by atoms with Crippen LogP contribution in [0.25, 0.3) is 5.57 Å². The van der Waals surface area contributed by atoms with E-state index in [0.717, 1.165) is 17.1 Å². The van der Waals surface area contributed by atoms with Crippen LogP contribution < -0.4 is 4.74 Å². The summed E-state index contributed by atoms with van der Waals surface area (Å²) >= 11 is 7.90. The Hall–Kier alpha value is -2.69. The minimum Gasteiger partial charge on any atom is -0.480 e. The number of hydrogen-bond donors (Lipinski definition) is 1. The van der Waals surface area contributed by atoms with Gasteiger partial charge in [0, 0.05) is 10.6 Å². The Labute approximate surface area is 186 Å². The van der Waals surface area contributed by atoms with Crippen LogP contribution in [0.2, 0.25) is 5.02 Å². The number of carboxylic acid groups (broad SMARTS) is 1. The molecule has 0 aromatic heterocycles. The molecule has 0 spiro atoms. The summed E-state index contributed by atoms with van der Waals surface area (Å²) in [5, 5.41) is 9.14. The smallest absolute Gasteiger partial charge is 0.341 e. The van der Waals surface area contributed by atoms with Crippen molar-refractivity contribution in [3.8, 4) is 5.75 Å². The van der Waals surface area contributed by atoms with E-state index in [1.54, 1.807) is 23.9 Å². The molecule has 154 valence electrons. The van der Waals surface area contributed by atoms with E-state index in [1.807, 2.05) is 12.1 Å². The van der Waals surface area contributed by atoms with E-state index in [9.17, 15) is 4.79 Å². The molecule has 0 amide bonds. The third kappa shape index (κ3) is 6.15. The Bertz CT molecular complexity index is 1030. The molecule has 0 fully saturated rings. The third-order valence-electron chi connectivity index (χ3n) is 4.52. The molecule has 3 aromatic rings. The average molecular weight is 439 g/mol. The zero-order chi connectivity index (χ0) is 21.3. The molecule has 0 aliphatic rings. The zero-order valence-corrected chi connectivity index (χ0v) is 18.2. The zero-order valence-electron chi connectivity index (χ0n) is 16.7. The van der Waals surface area contributed by atoms with Crippen molar-refractivity contribution in [2.45, 2.75) is 18.2 Å². The topological polar surface area (TPSA) is 46.5 Å². The van der Waals surface area contributed by atoms with Crippen molar-refractivity contribution in [2.75, 3.05) is 12.4 Å². The molecule has 0 heterocycles. The number of aryl methyl sites for hydroxylation is 1. The summed E-state index contributed by atoms with van der Waals surface area (Å²) in [5.41, 5.74) is 4.90. The van der Waals surface area contributed by atoms with Gasteiger partial charge in [-0.15, -0.1) is 11.8 Å². The van der Waals surface area contributed by atoms with E-state index < -0.39 is 12.6 Å². The van der Waals surface area contributed by atoms with Gasteiger partial charge in [-0.25, -0.2) is 4.79 Å². The number of halogens is 1. The summed E-state index contributed by atoms with van der Waals surface area (Å²) in [4.78, 5) is 11.6. The first-order valence-electron chi connectivity index (χ1n) is 9.68. The summed E-state index contributed by atoms with van der Waals surface area (Å²) in [6, 6.07) is 24.4. The van der Waals surface area contributed by atoms with Gasteiger partial charge in [-0.05, 0) is 46.9 Å². The normalized spacial score (nSPS) is 11.3. The van der Waals surface area contributed by atoms with Crippen LogP contribution in [0, 0.1) is 0 Å². The van der Waals surface area contributed by atoms with Crippen LogP contribution in [0.15, 0.2) is 83.8 Å². The van der Waals surface area contributed by atoms with E-state index in [0.29, 0.717) is 10.8 Å². The Morgan fingerprint density at radius 1 is 1.03 bits per heavy atom. The minimum atomic E-state index is -1.03. The lowest BCUT2D eigenvalue weighted by molar-refractivity contribution is -0.139. The summed E-state index contributed by atoms with van der Waals surface area (Å²) in [6.07, 6.45) is 3.23. The Morgan fingerprint density at radius 2 is 1.80 bits per heavy atom. The fourth-order valence-corrected chi connectivity index (χ4v) is 4.14. The highest BCUT2D eigenvalue weighted by atomic mass is 35.5. The molecule has 5 heteroatoms. The molecule has 1 N–H and O–H groups in total. The maximum Gasteiger partial charge on any atom is 0.341 e. The van der Waals surface area contributed by atoms with Crippen molar-refractivity contribution in [3.05, 3.63) is 101 Å². The highest BCUT2D eigenvalue weighted by Crippen LogP contribution is 2.31. The summed E-state index contributed by atoms with van der Waals surface area (Å²) in [5.74, 6) is 0.113. The van der Waals surface area contributed by atoms with Crippen LogP contribution in [-0.2, 0) is 11.2 Å². The third-order valence-corrected chi connectivity index (χ3v) is 5.74. The summed E-state index contributed by atoms with van der Waals surface area (Å²) < 4.78 is 5.18. The van der Waals surface area contributed by atoms with Crippen molar-refractivity contribution in [1.29, 1.82) is 0 Å². The van der Waals surface area contributed by atoms with Crippen molar-refractivity contribution in [3.63, 3.8) is 0 Å². The standard InChI is InChI=1S/C25H23ClO3S/c1-2-18-7-6-10-20(15-18)22(19-8-4-3-5-9-19)13-14-30-21-11-12-24(23(26)16-21)29-17-25(27)28/h3-13,15-16H,2,14,17H2,1H3,(H,27,28). The van der Waals surface area contributed by atoms with Crippen LogP contribution in [0.4, 0.5) is 0 Å². The Kier molecular flexibility index (Phi) is 8.00. The van der Waals surface area contributed by atoms with Gasteiger partial charge in [0.1, 0.15) is 5.75 Å². The van der Waals surface area contributed by atoms with Crippen LogP contribution in [0.1, 0.15) is 23.6 Å². The maximum atomic E-state index is 10.7. The van der Waals surface area contributed by atoms with E-state index >= 15 is 0 Å². The van der Waals surface area contributed by atoms with Crippen molar-refractivity contribution in [2.24, 2.45) is 0 Å². The van der Waals surface area contributed by atoms with Gasteiger partial charge in [-0.2, -0.15) is 0 Å². The lowest BCUT2D eigenvalue weighted by Crippen LogP contribution is -2.09. The van der Waals surface area contributed by atoms with Gasteiger partial charge < -0.3 is 9.84 Å². The number of benzene rings is 3. The number of carbonyl (C=O) groups is 1. The number of aliphatic carboxylic acids is 1. The number of ether oxygens (including phenoxy) is 1. The lowest BCUT2D eigenvalue weighted by atomic mass is 9.96. The second kappa shape index (κ2) is 10.9. The predicted octanol–water partition coefficient (Wildman–Crippen LogP) is 6.59. The van der Waals surface area contributed by atoms with Gasteiger partial charge in [-0.1, -0.05) is 79.2 Å². The summed E-state index contributed by atoms with van der Waals surface area (Å²) in [7, 11) is 0. The SMILES string of the molecule is CCc1cccc(C(=CCSc2ccc(OCC(=O)O)c(Cl)c2)c2ccccc2)c1. The highest BCUT2D eigenvalue weighted by Gasteiger charge is 2.08. The van der Waals surface area contributed by atoms with Gasteiger partial charge in [0.25, 0.3) is 0 Å². The number of hydrogen-bond acceptors (Lipinski definition) is 3. The molecule has 0 aliphatic heterocycles. The first-order valence-corrected chi connectivity index (χ1v) is 11.0. The lowest BCUT2D eigenvalue weighted by Gasteiger charge is -2.11. The highest BCUT2D eigenvalue weighted by molar-refractivity contribution is 7.99. The van der Waals surface area contributed by atoms with Gasteiger partial charge in [0.2, 0.25) is 0 Å². The average Bonchev–Trinajstić information content (AvgIpc) is 2.76. The van der Waals surface area contributed by atoms with Gasteiger partial charge >= 0.3 is 5.97 Å². The van der Waals surface area contributed by atoms with Crippen LogP contribution in [0.5, 0.6) is 5.75 Å². The van der Waals surface area contributed by atoms with E-state index in [2.05, 4.69) is 61.5 Å².